The van der Waals surface area contributed by atoms with Gasteiger partial charge in [-0.2, -0.15) is 0 Å². The highest BCUT2D eigenvalue weighted by Gasteiger charge is 2.34. The van der Waals surface area contributed by atoms with Crippen LogP contribution in [0.15, 0.2) is 42.5 Å². The van der Waals surface area contributed by atoms with Gasteiger partial charge in [-0.3, -0.25) is 9.80 Å². The van der Waals surface area contributed by atoms with Crippen molar-refractivity contribution in [3.63, 3.8) is 0 Å². The number of para-hydroxylation sites is 2. The van der Waals surface area contributed by atoms with Crippen LogP contribution in [0.4, 0.5) is 16.2 Å². The van der Waals surface area contributed by atoms with Crippen molar-refractivity contribution in [3.8, 4) is 0 Å². The zero-order valence-corrected chi connectivity index (χ0v) is 15.9. The van der Waals surface area contributed by atoms with E-state index < -0.39 is 0 Å². The summed E-state index contributed by atoms with van der Waals surface area (Å²) in [5, 5.41) is 0. The second-order valence-corrected chi connectivity index (χ2v) is 7.47. The number of nitrogens with zero attached hydrogens (tertiary/aromatic N) is 2. The maximum absolute atomic E-state index is 13.3. The molecule has 0 aromatic heterocycles. The molecule has 0 bridgehead atoms. The third-order valence-electron chi connectivity index (χ3n) is 5.03. The molecule has 25 heavy (non-hydrogen) atoms. The van der Waals surface area contributed by atoms with Gasteiger partial charge in [-0.1, -0.05) is 64.1 Å². The van der Waals surface area contributed by atoms with E-state index in [1.807, 2.05) is 28.0 Å². The minimum absolute atomic E-state index is 0.0873. The van der Waals surface area contributed by atoms with Gasteiger partial charge in [0.15, 0.2) is 0 Å². The van der Waals surface area contributed by atoms with Gasteiger partial charge in [0.2, 0.25) is 0 Å². The first-order chi connectivity index (χ1) is 11.9. The maximum atomic E-state index is 13.3. The quantitative estimate of drug-likeness (QED) is 0.703. The second kappa shape index (κ2) is 6.91. The van der Waals surface area contributed by atoms with Crippen LogP contribution < -0.4 is 9.80 Å². The third kappa shape index (κ3) is 3.15. The fourth-order valence-corrected chi connectivity index (χ4v) is 3.66. The number of hydrogen-bond acceptors (Lipinski definition) is 1. The standard InChI is InChI=1S/C22H28N2O/c1-15(2)18-10-8-11-19(16(3)4)21(18)24-14-13-23(22(24)25)20-12-7-6-9-17(20)5/h6-12,15-16H,13-14H2,1-5H3. The molecule has 1 heterocycles. The molecule has 0 radical (unpaired) electrons. The zero-order chi connectivity index (χ0) is 18.1. The van der Waals surface area contributed by atoms with E-state index in [4.69, 9.17) is 0 Å². The number of hydrogen-bond donors (Lipinski definition) is 0. The summed E-state index contributed by atoms with van der Waals surface area (Å²) < 4.78 is 0. The van der Waals surface area contributed by atoms with E-state index in [1.165, 1.54) is 11.1 Å². The number of carbonyl (C=O) groups is 1. The van der Waals surface area contributed by atoms with Crippen LogP contribution in [0, 0.1) is 6.92 Å². The number of aryl methyl sites for hydroxylation is 1. The van der Waals surface area contributed by atoms with Crippen molar-refractivity contribution in [2.45, 2.75) is 46.5 Å². The van der Waals surface area contributed by atoms with Crippen molar-refractivity contribution < 1.29 is 4.79 Å². The van der Waals surface area contributed by atoms with Gasteiger partial charge in [-0.25, -0.2) is 4.79 Å². The van der Waals surface area contributed by atoms with Crippen molar-refractivity contribution in [1.82, 2.24) is 0 Å². The lowest BCUT2D eigenvalue weighted by atomic mass is 9.92. The van der Waals surface area contributed by atoms with Gasteiger partial charge < -0.3 is 0 Å². The molecule has 2 amide bonds. The number of benzene rings is 2. The molecule has 3 nitrogen and oxygen atoms in total. The van der Waals surface area contributed by atoms with Crippen molar-refractivity contribution in [2.75, 3.05) is 22.9 Å². The van der Waals surface area contributed by atoms with Crippen LogP contribution in [-0.2, 0) is 0 Å². The van der Waals surface area contributed by atoms with Crippen LogP contribution in [0.1, 0.15) is 56.2 Å². The molecule has 0 atom stereocenters. The monoisotopic (exact) mass is 336 g/mol. The largest absolute Gasteiger partial charge is 0.329 e. The van der Waals surface area contributed by atoms with E-state index >= 15 is 0 Å². The Kier molecular flexibility index (Phi) is 4.85. The average Bonchev–Trinajstić information content (AvgIpc) is 2.95. The molecule has 0 aliphatic carbocycles. The molecule has 0 saturated carbocycles. The number of carbonyl (C=O) groups excluding carboxylic acids is 1. The number of amides is 2. The molecule has 3 heteroatoms. The van der Waals surface area contributed by atoms with Gasteiger partial charge in [0, 0.05) is 18.8 Å². The molecular weight excluding hydrogens is 308 g/mol. The zero-order valence-electron chi connectivity index (χ0n) is 15.9. The third-order valence-corrected chi connectivity index (χ3v) is 5.03. The Morgan fingerprint density at radius 2 is 1.36 bits per heavy atom. The molecule has 3 rings (SSSR count). The van der Waals surface area contributed by atoms with Crippen LogP contribution in [0.3, 0.4) is 0 Å². The normalized spacial score (nSPS) is 14.9. The van der Waals surface area contributed by atoms with Crippen molar-refractivity contribution in [3.05, 3.63) is 59.2 Å². The molecule has 0 N–H and O–H groups in total. The minimum atomic E-state index is 0.0873. The summed E-state index contributed by atoms with van der Waals surface area (Å²) in [6.07, 6.45) is 0. The van der Waals surface area contributed by atoms with E-state index in [-0.39, 0.29) is 6.03 Å². The van der Waals surface area contributed by atoms with E-state index in [0.717, 1.165) is 30.0 Å². The maximum Gasteiger partial charge on any atom is 0.329 e. The first-order valence-electron chi connectivity index (χ1n) is 9.19. The Labute approximate surface area is 151 Å². The summed E-state index contributed by atoms with van der Waals surface area (Å²) in [7, 11) is 0. The molecule has 0 spiro atoms. The summed E-state index contributed by atoms with van der Waals surface area (Å²) in [4.78, 5) is 17.2. The van der Waals surface area contributed by atoms with Crippen LogP contribution in [0.5, 0.6) is 0 Å². The molecule has 2 aromatic rings. The van der Waals surface area contributed by atoms with Gasteiger partial charge in [0.25, 0.3) is 0 Å². The van der Waals surface area contributed by atoms with Gasteiger partial charge in [0.05, 0.1) is 5.69 Å². The SMILES string of the molecule is Cc1ccccc1N1CCN(c2c(C(C)C)cccc2C(C)C)C1=O. The van der Waals surface area contributed by atoms with Crippen molar-refractivity contribution >= 4 is 17.4 Å². The molecular formula is C22H28N2O. The lowest BCUT2D eigenvalue weighted by molar-refractivity contribution is 0.255. The van der Waals surface area contributed by atoms with Gasteiger partial charge in [-0.15, -0.1) is 0 Å². The van der Waals surface area contributed by atoms with E-state index in [1.54, 1.807) is 0 Å². The second-order valence-electron chi connectivity index (χ2n) is 7.47. The fourth-order valence-electron chi connectivity index (χ4n) is 3.66. The summed E-state index contributed by atoms with van der Waals surface area (Å²) in [5.74, 6) is 0.767. The first-order valence-corrected chi connectivity index (χ1v) is 9.19. The van der Waals surface area contributed by atoms with Crippen LogP contribution in [-0.4, -0.2) is 19.1 Å². The van der Waals surface area contributed by atoms with Gasteiger partial charge in [-0.05, 0) is 41.5 Å². The molecule has 132 valence electrons. The summed E-state index contributed by atoms with van der Waals surface area (Å²) in [5.41, 5.74) is 5.79. The van der Waals surface area contributed by atoms with Crippen molar-refractivity contribution in [1.29, 1.82) is 0 Å². The smallest absolute Gasteiger partial charge is 0.292 e. The van der Waals surface area contributed by atoms with Crippen molar-refractivity contribution in [2.24, 2.45) is 0 Å². The lowest BCUT2D eigenvalue weighted by Gasteiger charge is -2.27. The molecule has 1 aliphatic rings. The molecule has 1 saturated heterocycles. The predicted molar refractivity (Wildman–Crippen MR) is 106 cm³/mol. The predicted octanol–water partition coefficient (Wildman–Crippen LogP) is 5.69. The first kappa shape index (κ1) is 17.5. The van der Waals surface area contributed by atoms with E-state index in [2.05, 4.69) is 58.9 Å². The van der Waals surface area contributed by atoms with Crippen LogP contribution in [0.25, 0.3) is 0 Å². The summed E-state index contributed by atoms with van der Waals surface area (Å²) in [6, 6.07) is 14.6. The molecule has 0 unspecified atom stereocenters. The van der Waals surface area contributed by atoms with Gasteiger partial charge in [0.1, 0.15) is 0 Å². The Balaban J connectivity index is 2.04. The Bertz CT molecular complexity index is 753. The van der Waals surface area contributed by atoms with Crippen LogP contribution >= 0.6 is 0 Å². The van der Waals surface area contributed by atoms with E-state index in [0.29, 0.717) is 11.8 Å². The molecule has 1 aliphatic heterocycles. The fraction of sp³-hybridized carbons (Fsp3) is 0.409. The highest BCUT2D eigenvalue weighted by Crippen LogP contribution is 2.38. The summed E-state index contributed by atoms with van der Waals surface area (Å²) >= 11 is 0. The highest BCUT2D eigenvalue weighted by molar-refractivity contribution is 6.07. The number of anilines is 2. The Morgan fingerprint density at radius 3 is 1.92 bits per heavy atom. The average molecular weight is 336 g/mol. The molecule has 1 fully saturated rings. The van der Waals surface area contributed by atoms with Gasteiger partial charge >= 0.3 is 6.03 Å². The lowest BCUT2D eigenvalue weighted by Crippen LogP contribution is -2.33. The Morgan fingerprint density at radius 1 is 0.800 bits per heavy atom. The number of rotatable bonds is 4. The van der Waals surface area contributed by atoms with E-state index in [9.17, 15) is 4.79 Å². The topological polar surface area (TPSA) is 23.6 Å². The highest BCUT2D eigenvalue weighted by atomic mass is 16.2. The molecule has 2 aromatic carbocycles. The number of urea groups is 1. The minimum Gasteiger partial charge on any atom is -0.292 e. The Hall–Kier alpha value is -2.29. The van der Waals surface area contributed by atoms with Crippen LogP contribution in [0.2, 0.25) is 0 Å². The summed E-state index contributed by atoms with van der Waals surface area (Å²) in [6.45, 7) is 12.3.